The van der Waals surface area contributed by atoms with E-state index in [4.69, 9.17) is 14.5 Å². The van der Waals surface area contributed by atoms with Gasteiger partial charge in [0.25, 0.3) is 5.91 Å². The van der Waals surface area contributed by atoms with Crippen molar-refractivity contribution in [2.75, 3.05) is 13.7 Å². The third kappa shape index (κ3) is 4.43. The van der Waals surface area contributed by atoms with E-state index in [2.05, 4.69) is 28.1 Å². The van der Waals surface area contributed by atoms with Crippen LogP contribution in [0.5, 0.6) is 11.5 Å². The lowest BCUT2D eigenvalue weighted by Crippen LogP contribution is -2.25. The summed E-state index contributed by atoms with van der Waals surface area (Å²) in [4.78, 5) is 17.4. The first-order chi connectivity index (χ1) is 16.7. The molecule has 0 fully saturated rings. The van der Waals surface area contributed by atoms with Crippen LogP contribution < -0.4 is 14.8 Å². The summed E-state index contributed by atoms with van der Waals surface area (Å²) in [5, 5.41) is 5.22. The summed E-state index contributed by atoms with van der Waals surface area (Å²) in [6, 6.07) is 29.3. The Morgan fingerprint density at radius 2 is 1.68 bits per heavy atom. The molecule has 5 rings (SSSR count). The van der Waals surface area contributed by atoms with Crippen LogP contribution in [0.4, 0.5) is 0 Å². The van der Waals surface area contributed by atoms with Crippen molar-refractivity contribution in [1.82, 2.24) is 14.9 Å². The molecule has 1 amide bonds. The molecule has 1 N–H and O–H groups in total. The number of carbonyl (C=O) groups is 1. The van der Waals surface area contributed by atoms with E-state index in [1.165, 1.54) is 0 Å². The first-order valence-corrected chi connectivity index (χ1v) is 11.2. The number of nitrogens with one attached hydrogen (secondary N) is 1. The van der Waals surface area contributed by atoms with Gasteiger partial charge in [-0.25, -0.2) is 4.98 Å². The van der Waals surface area contributed by atoms with Crippen molar-refractivity contribution in [3.63, 3.8) is 0 Å². The van der Waals surface area contributed by atoms with Gasteiger partial charge in [-0.2, -0.15) is 0 Å². The average molecular weight is 452 g/mol. The fraction of sp³-hybridized carbons (Fsp3) is 0.143. The third-order valence-electron chi connectivity index (χ3n) is 5.81. The summed E-state index contributed by atoms with van der Waals surface area (Å²) in [6.07, 6.45) is 0. The standard InChI is InChI=1S/C28H25N3O3/c1-33-22-15-13-21(14-16-22)28(32)29-19-27-30-24-10-4-5-11-25(24)31(27)17-18-34-26-12-6-8-20-7-2-3-9-23(20)26/h2-16H,17-19H2,1H3,(H,29,32). The molecule has 0 aliphatic rings. The number of hydrogen-bond acceptors (Lipinski definition) is 4. The second-order valence-corrected chi connectivity index (χ2v) is 7.91. The van der Waals surface area contributed by atoms with Gasteiger partial charge in [-0.1, -0.05) is 48.5 Å². The smallest absolute Gasteiger partial charge is 0.251 e. The minimum atomic E-state index is -0.159. The van der Waals surface area contributed by atoms with Crippen LogP contribution in [-0.2, 0) is 13.1 Å². The molecule has 170 valence electrons. The number of methoxy groups -OCH3 is 1. The van der Waals surface area contributed by atoms with Gasteiger partial charge in [0, 0.05) is 10.9 Å². The highest BCUT2D eigenvalue weighted by Crippen LogP contribution is 2.25. The summed E-state index contributed by atoms with van der Waals surface area (Å²) in [6.45, 7) is 1.40. The summed E-state index contributed by atoms with van der Waals surface area (Å²) in [5.41, 5.74) is 2.47. The number of fused-ring (bicyclic) bond motifs is 2. The molecule has 0 bridgehead atoms. The molecule has 0 radical (unpaired) electrons. The monoisotopic (exact) mass is 451 g/mol. The van der Waals surface area contributed by atoms with Gasteiger partial charge in [0.2, 0.25) is 0 Å². The molecule has 6 nitrogen and oxygen atoms in total. The van der Waals surface area contributed by atoms with Gasteiger partial charge in [-0.15, -0.1) is 0 Å². The van der Waals surface area contributed by atoms with Crippen molar-refractivity contribution in [3.05, 3.63) is 102 Å². The van der Waals surface area contributed by atoms with Crippen molar-refractivity contribution >= 4 is 27.7 Å². The number of rotatable bonds is 8. The molecular formula is C28H25N3O3. The number of hydrogen-bond donors (Lipinski definition) is 1. The first kappa shape index (κ1) is 21.5. The fourth-order valence-electron chi connectivity index (χ4n) is 4.08. The van der Waals surface area contributed by atoms with Crippen LogP contribution in [0.2, 0.25) is 0 Å². The Balaban J connectivity index is 1.32. The summed E-state index contributed by atoms with van der Waals surface area (Å²) >= 11 is 0. The van der Waals surface area contributed by atoms with E-state index in [1.807, 2.05) is 48.5 Å². The summed E-state index contributed by atoms with van der Waals surface area (Å²) in [7, 11) is 1.60. The number of ether oxygens (including phenoxy) is 2. The molecule has 0 atom stereocenters. The second kappa shape index (κ2) is 9.67. The molecular weight excluding hydrogens is 426 g/mol. The van der Waals surface area contributed by atoms with Gasteiger partial charge in [0.05, 0.1) is 31.2 Å². The Kier molecular flexibility index (Phi) is 6.12. The van der Waals surface area contributed by atoms with E-state index < -0.39 is 0 Å². The highest BCUT2D eigenvalue weighted by Gasteiger charge is 2.13. The average Bonchev–Trinajstić information content (AvgIpc) is 3.25. The lowest BCUT2D eigenvalue weighted by atomic mass is 10.1. The van der Waals surface area contributed by atoms with Crippen molar-refractivity contribution in [2.24, 2.45) is 0 Å². The van der Waals surface area contributed by atoms with Gasteiger partial charge >= 0.3 is 0 Å². The lowest BCUT2D eigenvalue weighted by molar-refractivity contribution is 0.0949. The molecule has 0 spiro atoms. The van der Waals surface area contributed by atoms with Gasteiger partial charge in [0.1, 0.15) is 23.9 Å². The molecule has 34 heavy (non-hydrogen) atoms. The van der Waals surface area contributed by atoms with Crippen LogP contribution in [0.3, 0.4) is 0 Å². The van der Waals surface area contributed by atoms with Crippen LogP contribution >= 0.6 is 0 Å². The van der Waals surface area contributed by atoms with E-state index in [0.717, 1.165) is 33.4 Å². The van der Waals surface area contributed by atoms with E-state index in [9.17, 15) is 4.79 Å². The van der Waals surface area contributed by atoms with E-state index in [-0.39, 0.29) is 5.91 Å². The Morgan fingerprint density at radius 3 is 2.53 bits per heavy atom. The van der Waals surface area contributed by atoms with E-state index in [0.29, 0.717) is 31.0 Å². The molecule has 0 aliphatic carbocycles. The van der Waals surface area contributed by atoms with Crippen molar-refractivity contribution in [3.8, 4) is 11.5 Å². The topological polar surface area (TPSA) is 65.4 Å². The third-order valence-corrected chi connectivity index (χ3v) is 5.81. The molecule has 0 unspecified atom stereocenters. The minimum absolute atomic E-state index is 0.159. The SMILES string of the molecule is COc1ccc(C(=O)NCc2nc3ccccc3n2CCOc2cccc3ccccc23)cc1. The van der Waals surface area contributed by atoms with Crippen LogP contribution in [0.1, 0.15) is 16.2 Å². The number of para-hydroxylation sites is 2. The first-order valence-electron chi connectivity index (χ1n) is 11.2. The summed E-state index contributed by atoms with van der Waals surface area (Å²) in [5.74, 6) is 2.19. The van der Waals surface area contributed by atoms with Gasteiger partial charge < -0.3 is 19.4 Å². The van der Waals surface area contributed by atoms with Crippen molar-refractivity contribution in [1.29, 1.82) is 0 Å². The summed E-state index contributed by atoms with van der Waals surface area (Å²) < 4.78 is 13.4. The van der Waals surface area contributed by atoms with Crippen LogP contribution in [0.15, 0.2) is 91.0 Å². The number of nitrogens with zero attached hydrogens (tertiary/aromatic N) is 2. The Morgan fingerprint density at radius 1 is 0.912 bits per heavy atom. The van der Waals surface area contributed by atoms with Gasteiger partial charge in [-0.3, -0.25) is 4.79 Å². The Bertz CT molecular complexity index is 1440. The largest absolute Gasteiger partial charge is 0.497 e. The highest BCUT2D eigenvalue weighted by molar-refractivity contribution is 5.94. The molecule has 5 aromatic rings. The zero-order chi connectivity index (χ0) is 23.3. The highest BCUT2D eigenvalue weighted by atomic mass is 16.5. The van der Waals surface area contributed by atoms with Gasteiger partial charge in [0.15, 0.2) is 0 Å². The maximum absolute atomic E-state index is 12.7. The molecule has 1 aromatic heterocycles. The molecule has 0 saturated carbocycles. The van der Waals surface area contributed by atoms with E-state index >= 15 is 0 Å². The second-order valence-electron chi connectivity index (χ2n) is 7.91. The molecule has 6 heteroatoms. The molecule has 1 heterocycles. The number of amides is 1. The Labute approximate surface area is 197 Å². The fourth-order valence-corrected chi connectivity index (χ4v) is 4.08. The molecule has 4 aromatic carbocycles. The Hall–Kier alpha value is -4.32. The zero-order valence-corrected chi connectivity index (χ0v) is 18.9. The number of benzene rings is 4. The number of aromatic nitrogens is 2. The normalized spacial score (nSPS) is 11.0. The van der Waals surface area contributed by atoms with Crippen molar-refractivity contribution < 1.29 is 14.3 Å². The predicted molar refractivity (Wildman–Crippen MR) is 133 cm³/mol. The predicted octanol–water partition coefficient (Wildman–Crippen LogP) is 5.21. The molecule has 0 aliphatic heterocycles. The van der Waals surface area contributed by atoms with E-state index in [1.54, 1.807) is 31.4 Å². The number of carbonyl (C=O) groups excluding carboxylic acids is 1. The zero-order valence-electron chi connectivity index (χ0n) is 18.9. The lowest BCUT2D eigenvalue weighted by Gasteiger charge is -2.13. The van der Waals surface area contributed by atoms with Crippen LogP contribution in [-0.4, -0.2) is 29.2 Å². The van der Waals surface area contributed by atoms with Crippen molar-refractivity contribution in [2.45, 2.75) is 13.1 Å². The van der Waals surface area contributed by atoms with Crippen LogP contribution in [0.25, 0.3) is 21.8 Å². The number of imidazole rings is 1. The van der Waals surface area contributed by atoms with Gasteiger partial charge in [-0.05, 0) is 47.9 Å². The quantitative estimate of drug-likeness (QED) is 0.352. The minimum Gasteiger partial charge on any atom is -0.497 e. The maximum Gasteiger partial charge on any atom is 0.251 e. The van der Waals surface area contributed by atoms with Crippen LogP contribution in [0, 0.1) is 0 Å². The maximum atomic E-state index is 12.7. The molecule has 0 saturated heterocycles.